The van der Waals surface area contributed by atoms with E-state index in [1.807, 2.05) is 122 Å². The van der Waals surface area contributed by atoms with Gasteiger partial charge in [-0.25, -0.2) is 15.0 Å². The van der Waals surface area contributed by atoms with E-state index in [1.54, 1.807) is 0 Å². The number of hydrogen-bond acceptors (Lipinski definition) is 7. The van der Waals surface area contributed by atoms with E-state index < -0.39 is 18.3 Å². The number of nitrogens with zero attached hydrogens (tertiary/aromatic N) is 5. The second-order valence-electron chi connectivity index (χ2n) is 12.1. The van der Waals surface area contributed by atoms with E-state index in [2.05, 4.69) is 27.7 Å². The standard InChI is InChI=1S/C37H32BN5O2/c1-36(2)37(3,4)45-38(44-36)30-19-15-27(16-20-30)33-41-34(28-17-21-31(39-23-28)25-11-7-5-8-12-25)43-35(42-33)29-18-22-32(40-24-29)26-13-9-6-10-14-26/h5-24H,1-4H3. The molecule has 0 N–H and O–H groups in total. The molecule has 0 aliphatic carbocycles. The van der Waals surface area contributed by atoms with Crippen LogP contribution >= 0.6 is 0 Å². The molecule has 7 nitrogen and oxygen atoms in total. The second-order valence-corrected chi connectivity index (χ2v) is 12.1. The molecule has 0 bridgehead atoms. The summed E-state index contributed by atoms with van der Waals surface area (Å²) in [5, 5.41) is 0. The molecule has 8 heteroatoms. The van der Waals surface area contributed by atoms with Gasteiger partial charge >= 0.3 is 7.12 Å². The van der Waals surface area contributed by atoms with Crippen molar-refractivity contribution in [3.05, 3.63) is 122 Å². The Hall–Kier alpha value is -5.05. The van der Waals surface area contributed by atoms with E-state index in [-0.39, 0.29) is 0 Å². The van der Waals surface area contributed by atoms with E-state index in [9.17, 15) is 0 Å². The van der Waals surface area contributed by atoms with Crippen LogP contribution in [-0.2, 0) is 9.31 Å². The van der Waals surface area contributed by atoms with Gasteiger partial charge in [-0.15, -0.1) is 0 Å². The third kappa shape index (κ3) is 5.78. The van der Waals surface area contributed by atoms with Crippen molar-refractivity contribution in [2.75, 3.05) is 0 Å². The molecule has 0 atom stereocenters. The summed E-state index contributed by atoms with van der Waals surface area (Å²) in [5.74, 6) is 1.61. The predicted molar refractivity (Wildman–Crippen MR) is 178 cm³/mol. The highest BCUT2D eigenvalue weighted by Gasteiger charge is 2.51. The first-order valence-corrected chi connectivity index (χ1v) is 15.0. The molecule has 3 aromatic heterocycles. The van der Waals surface area contributed by atoms with E-state index in [0.29, 0.717) is 17.5 Å². The minimum absolute atomic E-state index is 0.414. The first-order valence-electron chi connectivity index (χ1n) is 15.0. The normalized spacial score (nSPS) is 15.2. The Bertz CT molecular complexity index is 1810. The molecule has 4 heterocycles. The van der Waals surface area contributed by atoms with E-state index in [0.717, 1.165) is 44.7 Å². The summed E-state index contributed by atoms with van der Waals surface area (Å²) >= 11 is 0. The van der Waals surface area contributed by atoms with Gasteiger partial charge in [0, 0.05) is 40.2 Å². The van der Waals surface area contributed by atoms with Crippen LogP contribution in [-0.4, -0.2) is 43.2 Å². The first kappa shape index (κ1) is 28.7. The maximum Gasteiger partial charge on any atom is 0.494 e. The Balaban J connectivity index is 1.25. The van der Waals surface area contributed by atoms with Crippen LogP contribution < -0.4 is 5.46 Å². The average molecular weight is 590 g/mol. The molecule has 45 heavy (non-hydrogen) atoms. The van der Waals surface area contributed by atoms with Gasteiger partial charge in [-0.1, -0.05) is 84.9 Å². The highest BCUT2D eigenvalue weighted by Crippen LogP contribution is 2.36. The third-order valence-corrected chi connectivity index (χ3v) is 8.51. The fourth-order valence-electron chi connectivity index (χ4n) is 5.14. The van der Waals surface area contributed by atoms with Crippen LogP contribution in [0.5, 0.6) is 0 Å². The second kappa shape index (κ2) is 11.5. The largest absolute Gasteiger partial charge is 0.494 e. The van der Waals surface area contributed by atoms with Crippen LogP contribution in [0.25, 0.3) is 56.7 Å². The molecule has 0 unspecified atom stereocenters. The molecule has 6 aromatic rings. The molecule has 0 spiro atoms. The molecule has 1 saturated heterocycles. The number of hydrogen-bond donors (Lipinski definition) is 0. The van der Waals surface area contributed by atoms with E-state index in [4.69, 9.17) is 34.2 Å². The molecular weight excluding hydrogens is 557 g/mol. The molecule has 1 aliphatic heterocycles. The monoisotopic (exact) mass is 589 g/mol. The number of aromatic nitrogens is 5. The Morgan fingerprint density at radius 1 is 0.444 bits per heavy atom. The van der Waals surface area contributed by atoms with Gasteiger partial charge in [0.1, 0.15) is 0 Å². The van der Waals surface area contributed by atoms with Gasteiger partial charge < -0.3 is 9.31 Å². The molecule has 3 aromatic carbocycles. The summed E-state index contributed by atoms with van der Waals surface area (Å²) in [5.41, 5.74) is 6.41. The van der Waals surface area contributed by atoms with Crippen molar-refractivity contribution < 1.29 is 9.31 Å². The predicted octanol–water partition coefficient (Wildman–Crippen LogP) is 7.30. The average Bonchev–Trinajstić information content (AvgIpc) is 3.31. The zero-order valence-electron chi connectivity index (χ0n) is 25.7. The molecular formula is C37H32BN5O2. The van der Waals surface area contributed by atoms with Crippen molar-refractivity contribution in [1.29, 1.82) is 0 Å². The van der Waals surface area contributed by atoms with Crippen LogP contribution in [0.1, 0.15) is 27.7 Å². The lowest BCUT2D eigenvalue weighted by Gasteiger charge is -2.32. The maximum atomic E-state index is 6.26. The van der Waals surface area contributed by atoms with Crippen LogP contribution in [0.15, 0.2) is 122 Å². The third-order valence-electron chi connectivity index (χ3n) is 8.51. The summed E-state index contributed by atoms with van der Waals surface area (Å²) in [4.78, 5) is 24.1. The zero-order chi connectivity index (χ0) is 31.0. The SMILES string of the molecule is CC1(C)OB(c2ccc(-c3nc(-c4ccc(-c5ccccc5)nc4)nc(-c4ccc(-c5ccccc5)nc4)n3)cc2)OC1(C)C. The summed E-state index contributed by atoms with van der Waals surface area (Å²) in [6, 6.07) is 36.2. The van der Waals surface area contributed by atoms with Crippen molar-refractivity contribution >= 4 is 12.6 Å². The highest BCUT2D eigenvalue weighted by atomic mass is 16.7. The van der Waals surface area contributed by atoms with Crippen LogP contribution in [0.2, 0.25) is 0 Å². The van der Waals surface area contributed by atoms with Crippen molar-refractivity contribution in [1.82, 2.24) is 24.9 Å². The zero-order valence-corrected chi connectivity index (χ0v) is 25.7. The minimum Gasteiger partial charge on any atom is -0.399 e. The molecule has 0 saturated carbocycles. The lowest BCUT2D eigenvalue weighted by atomic mass is 9.79. The van der Waals surface area contributed by atoms with Crippen LogP contribution in [0.4, 0.5) is 0 Å². The Labute approximate surface area is 263 Å². The fourth-order valence-corrected chi connectivity index (χ4v) is 5.14. The minimum atomic E-state index is -0.447. The number of pyridine rings is 2. The first-order chi connectivity index (χ1) is 21.8. The molecule has 1 fully saturated rings. The van der Waals surface area contributed by atoms with Gasteiger partial charge in [0.05, 0.1) is 22.6 Å². The van der Waals surface area contributed by atoms with Gasteiger partial charge in [0.2, 0.25) is 0 Å². The smallest absolute Gasteiger partial charge is 0.399 e. The van der Waals surface area contributed by atoms with E-state index >= 15 is 0 Å². The summed E-state index contributed by atoms with van der Waals surface area (Å²) < 4.78 is 12.5. The molecule has 220 valence electrons. The van der Waals surface area contributed by atoms with Crippen molar-refractivity contribution in [2.24, 2.45) is 0 Å². The van der Waals surface area contributed by atoms with Crippen LogP contribution in [0.3, 0.4) is 0 Å². The van der Waals surface area contributed by atoms with E-state index in [1.165, 1.54) is 0 Å². The molecule has 0 amide bonds. The summed E-state index contributed by atoms with van der Waals surface area (Å²) in [6.07, 6.45) is 3.62. The quantitative estimate of drug-likeness (QED) is 0.189. The Morgan fingerprint density at radius 2 is 0.844 bits per heavy atom. The number of benzene rings is 3. The van der Waals surface area contributed by atoms with Crippen molar-refractivity contribution in [3.63, 3.8) is 0 Å². The van der Waals surface area contributed by atoms with Crippen molar-refractivity contribution in [2.45, 2.75) is 38.9 Å². The Morgan fingerprint density at radius 3 is 1.24 bits per heavy atom. The summed E-state index contributed by atoms with van der Waals surface area (Å²) in [7, 11) is -0.447. The lowest BCUT2D eigenvalue weighted by Crippen LogP contribution is -2.41. The van der Waals surface area contributed by atoms with Gasteiger partial charge in [-0.2, -0.15) is 0 Å². The van der Waals surface area contributed by atoms with Gasteiger partial charge in [-0.3, -0.25) is 9.97 Å². The van der Waals surface area contributed by atoms with Crippen molar-refractivity contribution in [3.8, 4) is 56.7 Å². The molecule has 1 aliphatic rings. The van der Waals surface area contributed by atoms with Gasteiger partial charge in [0.15, 0.2) is 17.5 Å². The van der Waals surface area contributed by atoms with Gasteiger partial charge in [0.25, 0.3) is 0 Å². The topological polar surface area (TPSA) is 82.9 Å². The maximum absolute atomic E-state index is 6.26. The molecule has 0 radical (unpaired) electrons. The lowest BCUT2D eigenvalue weighted by molar-refractivity contribution is 0.00578. The van der Waals surface area contributed by atoms with Gasteiger partial charge in [-0.05, 0) is 57.4 Å². The fraction of sp³-hybridized carbons (Fsp3) is 0.162. The number of rotatable bonds is 6. The Kier molecular flexibility index (Phi) is 7.32. The highest BCUT2D eigenvalue weighted by molar-refractivity contribution is 6.62. The summed E-state index contributed by atoms with van der Waals surface area (Å²) in [6.45, 7) is 8.21. The molecule has 7 rings (SSSR count). The van der Waals surface area contributed by atoms with Crippen LogP contribution in [0, 0.1) is 0 Å².